The van der Waals surface area contributed by atoms with Crippen molar-refractivity contribution in [3.8, 4) is 0 Å². The Hall–Kier alpha value is -0.700. The summed E-state index contributed by atoms with van der Waals surface area (Å²) in [6, 6.07) is -0.671. The third-order valence-electron chi connectivity index (χ3n) is 3.87. The van der Waals surface area contributed by atoms with Gasteiger partial charge in [0.05, 0.1) is 12.9 Å². The van der Waals surface area contributed by atoms with E-state index < -0.39 is 16.1 Å². The number of rotatable bonds is 8. The number of methoxy groups -OCH3 is 1. The van der Waals surface area contributed by atoms with Crippen LogP contribution in [-0.2, 0) is 19.6 Å². The summed E-state index contributed by atoms with van der Waals surface area (Å²) in [4.78, 5) is 16.8. The molecule has 0 bridgehead atoms. The van der Waals surface area contributed by atoms with Crippen molar-refractivity contribution in [2.24, 2.45) is 5.92 Å². The number of hydrogen-bond acceptors (Lipinski definition) is 5. The highest BCUT2D eigenvalue weighted by Gasteiger charge is 2.28. The second kappa shape index (κ2) is 9.56. The molecule has 0 aliphatic carbocycles. The molecule has 1 rings (SSSR count). The standard InChI is InChI=1S/C15H31N3O4S/c1-13(2)12-14(16-23(4,20)21)15(19)18-7-5-6-17(8-9-18)10-11-22-3/h13-14,16H,5-12H2,1-4H3/t14-/m1/s1. The lowest BCUT2D eigenvalue weighted by Gasteiger charge is -2.27. The molecule has 0 spiro atoms. The van der Waals surface area contributed by atoms with E-state index >= 15 is 0 Å². The molecule has 0 saturated carbocycles. The zero-order valence-corrected chi connectivity index (χ0v) is 15.6. The van der Waals surface area contributed by atoms with Crippen LogP contribution in [0.1, 0.15) is 26.7 Å². The van der Waals surface area contributed by atoms with Crippen LogP contribution in [0.4, 0.5) is 0 Å². The quantitative estimate of drug-likeness (QED) is 0.674. The predicted molar refractivity (Wildman–Crippen MR) is 90.7 cm³/mol. The highest BCUT2D eigenvalue weighted by molar-refractivity contribution is 7.88. The monoisotopic (exact) mass is 349 g/mol. The first-order chi connectivity index (χ1) is 10.7. The number of hydrogen-bond donors (Lipinski definition) is 1. The van der Waals surface area contributed by atoms with Crippen LogP contribution in [0.25, 0.3) is 0 Å². The van der Waals surface area contributed by atoms with E-state index in [2.05, 4.69) is 9.62 Å². The Morgan fingerprint density at radius 1 is 1.22 bits per heavy atom. The van der Waals surface area contributed by atoms with Crippen LogP contribution in [0.3, 0.4) is 0 Å². The van der Waals surface area contributed by atoms with Gasteiger partial charge < -0.3 is 9.64 Å². The summed E-state index contributed by atoms with van der Waals surface area (Å²) < 4.78 is 30.7. The third kappa shape index (κ3) is 8.10. The molecular weight excluding hydrogens is 318 g/mol. The second-order valence-corrected chi connectivity index (χ2v) is 8.37. The first kappa shape index (κ1) is 20.3. The zero-order valence-electron chi connectivity index (χ0n) is 14.7. The molecule has 0 aromatic heterocycles. The maximum Gasteiger partial charge on any atom is 0.240 e. The van der Waals surface area contributed by atoms with E-state index in [1.165, 1.54) is 0 Å². The van der Waals surface area contributed by atoms with Gasteiger partial charge in [-0.15, -0.1) is 0 Å². The minimum atomic E-state index is -3.41. The van der Waals surface area contributed by atoms with Crippen molar-refractivity contribution in [1.82, 2.24) is 14.5 Å². The van der Waals surface area contributed by atoms with Gasteiger partial charge >= 0.3 is 0 Å². The number of carbonyl (C=O) groups excluding carboxylic acids is 1. The third-order valence-corrected chi connectivity index (χ3v) is 4.59. The number of ether oxygens (including phenoxy) is 1. The van der Waals surface area contributed by atoms with E-state index in [1.54, 1.807) is 12.0 Å². The molecule has 0 unspecified atom stereocenters. The summed E-state index contributed by atoms with van der Waals surface area (Å²) in [6.45, 7) is 8.53. The van der Waals surface area contributed by atoms with Crippen molar-refractivity contribution >= 4 is 15.9 Å². The minimum absolute atomic E-state index is 0.113. The molecule has 1 heterocycles. The average molecular weight is 349 g/mol. The van der Waals surface area contributed by atoms with Crippen LogP contribution in [0.15, 0.2) is 0 Å². The van der Waals surface area contributed by atoms with E-state index in [9.17, 15) is 13.2 Å². The Bertz CT molecular complexity index is 467. The maximum atomic E-state index is 12.7. The van der Waals surface area contributed by atoms with Gasteiger partial charge in [-0.25, -0.2) is 13.1 Å². The largest absolute Gasteiger partial charge is 0.383 e. The van der Waals surface area contributed by atoms with Gasteiger partial charge in [0, 0.05) is 33.3 Å². The number of carbonyl (C=O) groups is 1. The molecule has 7 nitrogen and oxygen atoms in total. The van der Waals surface area contributed by atoms with Crippen molar-refractivity contribution in [2.45, 2.75) is 32.7 Å². The van der Waals surface area contributed by atoms with Gasteiger partial charge in [-0.1, -0.05) is 13.8 Å². The summed E-state index contributed by atoms with van der Waals surface area (Å²) in [7, 11) is -1.73. The fraction of sp³-hybridized carbons (Fsp3) is 0.933. The van der Waals surface area contributed by atoms with Crippen LogP contribution in [-0.4, -0.2) is 82.9 Å². The van der Waals surface area contributed by atoms with Crippen molar-refractivity contribution < 1.29 is 17.9 Å². The molecule has 8 heteroatoms. The molecule has 1 saturated heterocycles. The molecule has 0 aromatic rings. The lowest BCUT2D eigenvalue weighted by molar-refractivity contribution is -0.133. The van der Waals surface area contributed by atoms with Crippen LogP contribution in [0.2, 0.25) is 0 Å². The van der Waals surface area contributed by atoms with Crippen molar-refractivity contribution in [3.63, 3.8) is 0 Å². The Balaban J connectivity index is 2.67. The molecule has 1 fully saturated rings. The highest BCUT2D eigenvalue weighted by Crippen LogP contribution is 2.11. The van der Waals surface area contributed by atoms with Gasteiger partial charge in [0.2, 0.25) is 15.9 Å². The SMILES string of the molecule is COCCN1CCCN(C(=O)[C@@H](CC(C)C)NS(C)(=O)=O)CC1. The molecule has 23 heavy (non-hydrogen) atoms. The van der Waals surface area contributed by atoms with Gasteiger partial charge in [-0.05, 0) is 25.3 Å². The molecule has 1 aliphatic heterocycles. The number of nitrogens with one attached hydrogen (secondary N) is 1. The lowest BCUT2D eigenvalue weighted by atomic mass is 10.0. The minimum Gasteiger partial charge on any atom is -0.383 e. The summed E-state index contributed by atoms with van der Waals surface area (Å²) in [5, 5.41) is 0. The van der Waals surface area contributed by atoms with E-state index in [0.717, 1.165) is 32.3 Å². The number of nitrogens with zero attached hydrogens (tertiary/aromatic N) is 2. The van der Waals surface area contributed by atoms with Gasteiger partial charge in [0.25, 0.3) is 0 Å². The van der Waals surface area contributed by atoms with Gasteiger partial charge in [0.1, 0.15) is 6.04 Å². The summed E-state index contributed by atoms with van der Waals surface area (Å²) in [5.74, 6) is 0.126. The Kier molecular flexibility index (Phi) is 8.46. The normalized spacial score (nSPS) is 18.9. The Morgan fingerprint density at radius 3 is 2.48 bits per heavy atom. The molecule has 1 N–H and O–H groups in total. The van der Waals surface area contributed by atoms with Gasteiger partial charge in [-0.2, -0.15) is 0 Å². The van der Waals surface area contributed by atoms with Crippen molar-refractivity contribution in [3.05, 3.63) is 0 Å². The van der Waals surface area contributed by atoms with E-state index in [4.69, 9.17) is 4.74 Å². The molecule has 1 amide bonds. The fourth-order valence-electron chi connectivity index (χ4n) is 2.78. The Labute approximate surface area is 140 Å². The summed E-state index contributed by atoms with van der Waals surface area (Å²) in [5.41, 5.74) is 0. The maximum absolute atomic E-state index is 12.7. The first-order valence-electron chi connectivity index (χ1n) is 8.20. The molecule has 136 valence electrons. The van der Waals surface area contributed by atoms with E-state index in [-0.39, 0.29) is 11.8 Å². The summed E-state index contributed by atoms with van der Waals surface area (Å²) in [6.07, 6.45) is 2.50. The summed E-state index contributed by atoms with van der Waals surface area (Å²) >= 11 is 0. The van der Waals surface area contributed by atoms with Crippen molar-refractivity contribution in [1.29, 1.82) is 0 Å². The van der Waals surface area contributed by atoms with Crippen LogP contribution in [0, 0.1) is 5.92 Å². The van der Waals surface area contributed by atoms with Crippen LogP contribution < -0.4 is 4.72 Å². The molecule has 1 atom stereocenters. The Morgan fingerprint density at radius 2 is 1.91 bits per heavy atom. The first-order valence-corrected chi connectivity index (χ1v) is 10.1. The molecular formula is C15H31N3O4S. The van der Waals surface area contributed by atoms with Crippen LogP contribution in [0.5, 0.6) is 0 Å². The van der Waals surface area contributed by atoms with Gasteiger partial charge in [0.15, 0.2) is 0 Å². The van der Waals surface area contributed by atoms with E-state index in [1.807, 2.05) is 13.8 Å². The highest BCUT2D eigenvalue weighted by atomic mass is 32.2. The molecule has 0 aromatic carbocycles. The molecule has 0 radical (unpaired) electrons. The average Bonchev–Trinajstić information content (AvgIpc) is 2.67. The van der Waals surface area contributed by atoms with Gasteiger partial charge in [-0.3, -0.25) is 9.69 Å². The second-order valence-electron chi connectivity index (χ2n) is 6.59. The lowest BCUT2D eigenvalue weighted by Crippen LogP contribution is -2.49. The smallest absolute Gasteiger partial charge is 0.240 e. The topological polar surface area (TPSA) is 79.0 Å². The molecule has 1 aliphatic rings. The predicted octanol–water partition coefficient (Wildman–Crippen LogP) is 0.131. The van der Waals surface area contributed by atoms with Crippen LogP contribution >= 0.6 is 0 Å². The van der Waals surface area contributed by atoms with Crippen molar-refractivity contribution in [2.75, 3.05) is 52.7 Å². The number of sulfonamides is 1. The number of amides is 1. The van der Waals surface area contributed by atoms with E-state index in [0.29, 0.717) is 26.1 Å². The fourth-order valence-corrected chi connectivity index (χ4v) is 3.50. The zero-order chi connectivity index (χ0) is 17.5.